The summed E-state index contributed by atoms with van der Waals surface area (Å²) in [6, 6.07) is 3.95. The maximum Gasteiger partial charge on any atom is 0.282 e. The summed E-state index contributed by atoms with van der Waals surface area (Å²) in [5.41, 5.74) is 5.95. The fourth-order valence-corrected chi connectivity index (χ4v) is 1.29. The Morgan fingerprint density at radius 1 is 1.57 bits per heavy atom. The van der Waals surface area contributed by atoms with Crippen molar-refractivity contribution < 1.29 is 14.2 Å². The van der Waals surface area contributed by atoms with Crippen LogP contribution in [-0.2, 0) is 4.74 Å². The van der Waals surface area contributed by atoms with Gasteiger partial charge >= 0.3 is 0 Å². The van der Waals surface area contributed by atoms with Gasteiger partial charge in [-0.1, -0.05) is 6.07 Å². The monoisotopic (exact) mass is 196 g/mol. The molecule has 74 valence electrons. The number of rotatable bonds is 1. The van der Waals surface area contributed by atoms with Gasteiger partial charge in [0.05, 0.1) is 0 Å². The summed E-state index contributed by atoms with van der Waals surface area (Å²) in [6.45, 7) is 0.316. The second-order valence-corrected chi connectivity index (χ2v) is 3.00. The number of halogens is 1. The zero-order valence-electron chi connectivity index (χ0n) is 7.27. The van der Waals surface area contributed by atoms with Gasteiger partial charge in [-0.05, 0) is 17.7 Å². The Morgan fingerprint density at radius 3 is 2.93 bits per heavy atom. The summed E-state index contributed by atoms with van der Waals surface area (Å²) < 4.78 is 17.9. The molecule has 1 aromatic carbocycles. The molecule has 1 aliphatic rings. The largest absolute Gasteiger partial charge is 0.505 e. The maximum atomic E-state index is 13.0. The van der Waals surface area contributed by atoms with Gasteiger partial charge in [-0.25, -0.2) is 9.38 Å². The van der Waals surface area contributed by atoms with E-state index in [1.54, 1.807) is 6.07 Å². The van der Waals surface area contributed by atoms with E-state index in [1.165, 1.54) is 12.1 Å². The molecule has 0 aliphatic carbocycles. The Balaban J connectivity index is 2.29. The fourth-order valence-electron chi connectivity index (χ4n) is 1.29. The molecule has 3 N–H and O–H groups in total. The molecule has 0 saturated carbocycles. The van der Waals surface area contributed by atoms with Crippen LogP contribution in [0.2, 0.25) is 0 Å². The molecule has 4 nitrogen and oxygen atoms in total. The Hall–Kier alpha value is -1.78. The van der Waals surface area contributed by atoms with Crippen molar-refractivity contribution in [3.05, 3.63) is 29.6 Å². The fraction of sp³-hybridized carbons (Fsp3) is 0.222. The number of amidine groups is 1. The lowest BCUT2D eigenvalue weighted by molar-refractivity contribution is 0.314. The number of phenols is 1. The van der Waals surface area contributed by atoms with Gasteiger partial charge in [0, 0.05) is 0 Å². The van der Waals surface area contributed by atoms with E-state index in [0.29, 0.717) is 12.2 Å². The second-order valence-electron chi connectivity index (χ2n) is 3.00. The van der Waals surface area contributed by atoms with Crippen LogP contribution in [0.3, 0.4) is 0 Å². The standard InChI is InChI=1S/C9H9FN2O2/c10-6-3-5(1-2-8(6)13)7-4-14-9(11)12-7/h1-3,7,13H,4H2,(H2,11,12). The van der Waals surface area contributed by atoms with Gasteiger partial charge in [-0.3, -0.25) is 0 Å². The minimum absolute atomic E-state index is 0.114. The van der Waals surface area contributed by atoms with Gasteiger partial charge in [-0.2, -0.15) is 0 Å². The number of aliphatic imine (C=N–C) groups is 1. The van der Waals surface area contributed by atoms with Crippen molar-refractivity contribution in [2.24, 2.45) is 10.7 Å². The van der Waals surface area contributed by atoms with Gasteiger partial charge < -0.3 is 15.6 Å². The number of phenolic OH excluding ortho intramolecular Hbond substituents is 1. The zero-order chi connectivity index (χ0) is 10.1. The van der Waals surface area contributed by atoms with Gasteiger partial charge in [0.2, 0.25) is 0 Å². The van der Waals surface area contributed by atoms with Crippen LogP contribution < -0.4 is 5.73 Å². The average molecular weight is 196 g/mol. The van der Waals surface area contributed by atoms with Crippen LogP contribution in [0.1, 0.15) is 11.6 Å². The Labute approximate surface area is 79.8 Å². The van der Waals surface area contributed by atoms with Crippen molar-refractivity contribution in [3.8, 4) is 5.75 Å². The van der Waals surface area contributed by atoms with Crippen LogP contribution in [0.5, 0.6) is 5.75 Å². The lowest BCUT2D eigenvalue weighted by Crippen LogP contribution is -2.10. The van der Waals surface area contributed by atoms with E-state index < -0.39 is 5.82 Å². The minimum Gasteiger partial charge on any atom is -0.505 e. The summed E-state index contributed by atoms with van der Waals surface area (Å²) in [7, 11) is 0. The third-order valence-electron chi connectivity index (χ3n) is 2.03. The number of ether oxygens (including phenoxy) is 1. The molecule has 0 bridgehead atoms. The third-order valence-corrected chi connectivity index (χ3v) is 2.03. The Bertz CT molecular complexity index is 392. The summed E-state index contributed by atoms with van der Waals surface area (Å²) >= 11 is 0. The number of aromatic hydroxyl groups is 1. The highest BCUT2D eigenvalue weighted by Crippen LogP contribution is 2.25. The molecular weight excluding hydrogens is 187 g/mol. The molecule has 1 aliphatic heterocycles. The van der Waals surface area contributed by atoms with E-state index in [-0.39, 0.29) is 17.8 Å². The molecule has 2 rings (SSSR count). The quantitative estimate of drug-likeness (QED) is 0.701. The SMILES string of the molecule is NC1=NC(c2ccc(O)c(F)c2)CO1. The predicted octanol–water partition coefficient (Wildman–Crippen LogP) is 0.917. The molecule has 1 atom stereocenters. The van der Waals surface area contributed by atoms with Crippen LogP contribution in [0, 0.1) is 5.82 Å². The molecule has 14 heavy (non-hydrogen) atoms. The highest BCUT2D eigenvalue weighted by Gasteiger charge is 2.19. The predicted molar refractivity (Wildman–Crippen MR) is 48.4 cm³/mol. The first-order chi connectivity index (χ1) is 6.66. The molecule has 1 unspecified atom stereocenters. The molecule has 0 amide bonds. The number of benzene rings is 1. The number of hydrogen-bond donors (Lipinski definition) is 2. The van der Waals surface area contributed by atoms with Crippen molar-refractivity contribution in [2.75, 3.05) is 6.61 Å². The third kappa shape index (κ3) is 1.48. The molecule has 1 aromatic rings. The van der Waals surface area contributed by atoms with E-state index in [9.17, 15) is 4.39 Å². The summed E-state index contributed by atoms with van der Waals surface area (Å²) in [5, 5.41) is 8.97. The number of nitrogens with two attached hydrogens (primary N) is 1. The first kappa shape index (κ1) is 8.80. The van der Waals surface area contributed by atoms with Crippen LogP contribution in [0.15, 0.2) is 23.2 Å². The van der Waals surface area contributed by atoms with E-state index >= 15 is 0 Å². The van der Waals surface area contributed by atoms with Crippen molar-refractivity contribution in [1.82, 2.24) is 0 Å². The van der Waals surface area contributed by atoms with E-state index in [0.717, 1.165) is 0 Å². The van der Waals surface area contributed by atoms with Crippen molar-refractivity contribution in [1.29, 1.82) is 0 Å². The molecule has 0 fully saturated rings. The summed E-state index contributed by atoms with van der Waals surface area (Å²) in [5.74, 6) is -1.03. The first-order valence-electron chi connectivity index (χ1n) is 4.11. The van der Waals surface area contributed by atoms with Crippen molar-refractivity contribution in [2.45, 2.75) is 6.04 Å². The van der Waals surface area contributed by atoms with Gasteiger partial charge in [0.15, 0.2) is 11.6 Å². The van der Waals surface area contributed by atoms with Crippen LogP contribution in [-0.4, -0.2) is 17.7 Å². The zero-order valence-corrected chi connectivity index (χ0v) is 7.27. The Morgan fingerprint density at radius 2 is 2.36 bits per heavy atom. The highest BCUT2D eigenvalue weighted by atomic mass is 19.1. The average Bonchev–Trinajstić information content (AvgIpc) is 2.57. The maximum absolute atomic E-state index is 13.0. The molecule has 0 spiro atoms. The van der Waals surface area contributed by atoms with Crippen molar-refractivity contribution >= 4 is 6.02 Å². The van der Waals surface area contributed by atoms with E-state index in [1.807, 2.05) is 0 Å². The molecule has 0 saturated heterocycles. The normalized spacial score (nSPS) is 20.4. The molecule has 5 heteroatoms. The molecule has 1 heterocycles. The molecular formula is C9H9FN2O2. The summed E-state index contributed by atoms with van der Waals surface area (Å²) in [4.78, 5) is 3.95. The van der Waals surface area contributed by atoms with Crippen molar-refractivity contribution in [3.63, 3.8) is 0 Å². The lowest BCUT2D eigenvalue weighted by atomic mass is 10.1. The lowest BCUT2D eigenvalue weighted by Gasteiger charge is -2.05. The van der Waals surface area contributed by atoms with Gasteiger partial charge in [-0.15, -0.1) is 0 Å². The Kier molecular flexibility index (Phi) is 1.99. The van der Waals surface area contributed by atoms with E-state index in [2.05, 4.69) is 4.99 Å². The van der Waals surface area contributed by atoms with Crippen LogP contribution in [0.25, 0.3) is 0 Å². The first-order valence-corrected chi connectivity index (χ1v) is 4.11. The van der Waals surface area contributed by atoms with Gasteiger partial charge in [0.1, 0.15) is 12.6 Å². The minimum atomic E-state index is -0.664. The second kappa shape index (κ2) is 3.17. The van der Waals surface area contributed by atoms with Gasteiger partial charge in [0.25, 0.3) is 6.02 Å². The molecule has 0 radical (unpaired) electrons. The number of nitrogens with zero attached hydrogens (tertiary/aromatic N) is 1. The number of hydrogen-bond acceptors (Lipinski definition) is 4. The smallest absolute Gasteiger partial charge is 0.282 e. The topological polar surface area (TPSA) is 67.8 Å². The van der Waals surface area contributed by atoms with Crippen LogP contribution in [0.4, 0.5) is 4.39 Å². The summed E-state index contributed by atoms with van der Waals surface area (Å²) in [6.07, 6.45) is 0. The van der Waals surface area contributed by atoms with E-state index in [4.69, 9.17) is 15.6 Å². The van der Waals surface area contributed by atoms with Crippen LogP contribution >= 0.6 is 0 Å². The highest BCUT2D eigenvalue weighted by molar-refractivity contribution is 5.73. The molecule has 0 aromatic heterocycles.